The molecule has 1 saturated heterocycles. The molecule has 0 aliphatic carbocycles. The van der Waals surface area contributed by atoms with Gasteiger partial charge in [-0.3, -0.25) is 10.1 Å². The van der Waals surface area contributed by atoms with E-state index in [2.05, 4.69) is 6.92 Å². The van der Waals surface area contributed by atoms with Crippen molar-refractivity contribution < 1.29 is 23.9 Å². The van der Waals surface area contributed by atoms with E-state index in [-0.39, 0.29) is 17.9 Å². The molecule has 8 nitrogen and oxygen atoms in total. The number of para-hydroxylation sites is 1. The average Bonchev–Trinajstić information content (AvgIpc) is 2.76. The first-order valence-corrected chi connectivity index (χ1v) is 9.85. The van der Waals surface area contributed by atoms with Crippen molar-refractivity contribution in [1.29, 1.82) is 0 Å². The van der Waals surface area contributed by atoms with Crippen molar-refractivity contribution in [2.24, 2.45) is 5.92 Å². The molecule has 2 aromatic carbocycles. The first kappa shape index (κ1) is 21.4. The van der Waals surface area contributed by atoms with Gasteiger partial charge in [0.25, 0.3) is 5.69 Å². The minimum atomic E-state index is -0.637. The predicted molar refractivity (Wildman–Crippen MR) is 112 cm³/mol. The van der Waals surface area contributed by atoms with Gasteiger partial charge in [0, 0.05) is 24.7 Å². The number of piperidine rings is 1. The van der Waals surface area contributed by atoms with Gasteiger partial charge < -0.3 is 19.1 Å². The van der Waals surface area contributed by atoms with Gasteiger partial charge in [0.15, 0.2) is 11.5 Å². The van der Waals surface area contributed by atoms with E-state index in [4.69, 9.17) is 14.2 Å². The summed E-state index contributed by atoms with van der Waals surface area (Å²) in [4.78, 5) is 25.8. The molecule has 0 N–H and O–H groups in total. The van der Waals surface area contributed by atoms with Crippen LogP contribution in [0.1, 0.15) is 35.7 Å². The average molecular weight is 414 g/mol. The first-order chi connectivity index (χ1) is 14.4. The quantitative estimate of drug-likeness (QED) is 0.381. The lowest BCUT2D eigenvalue weighted by atomic mass is 9.99. The van der Waals surface area contributed by atoms with Crippen LogP contribution in [0.2, 0.25) is 0 Å². The third-order valence-corrected chi connectivity index (χ3v) is 5.25. The van der Waals surface area contributed by atoms with Gasteiger partial charge in [0.1, 0.15) is 12.3 Å². The van der Waals surface area contributed by atoms with Crippen molar-refractivity contribution in [2.45, 2.75) is 26.4 Å². The van der Waals surface area contributed by atoms with Gasteiger partial charge in [0.2, 0.25) is 0 Å². The van der Waals surface area contributed by atoms with Crippen LogP contribution in [-0.2, 0) is 11.3 Å². The Labute approximate surface area is 175 Å². The molecule has 30 heavy (non-hydrogen) atoms. The van der Waals surface area contributed by atoms with E-state index in [1.165, 1.54) is 20.3 Å². The number of methoxy groups -OCH3 is 2. The molecular weight excluding hydrogens is 388 g/mol. The summed E-state index contributed by atoms with van der Waals surface area (Å²) in [6, 6.07) is 9.78. The Kier molecular flexibility index (Phi) is 6.76. The number of hydrogen-bond acceptors (Lipinski definition) is 7. The number of nitrogens with zero attached hydrogens (tertiary/aromatic N) is 2. The Morgan fingerprint density at radius 1 is 1.23 bits per heavy atom. The second kappa shape index (κ2) is 9.47. The summed E-state index contributed by atoms with van der Waals surface area (Å²) in [6.07, 6.45) is 2.10. The molecule has 0 saturated carbocycles. The van der Waals surface area contributed by atoms with Crippen LogP contribution in [0.5, 0.6) is 11.5 Å². The van der Waals surface area contributed by atoms with Crippen LogP contribution in [0.3, 0.4) is 0 Å². The van der Waals surface area contributed by atoms with Crippen molar-refractivity contribution in [3.8, 4) is 11.5 Å². The Bertz CT molecular complexity index is 930. The highest BCUT2D eigenvalue weighted by Crippen LogP contribution is 2.34. The number of anilines is 1. The molecule has 1 aliphatic heterocycles. The molecule has 3 rings (SSSR count). The molecule has 1 atom stereocenters. The summed E-state index contributed by atoms with van der Waals surface area (Å²) in [5, 5.41) is 11.7. The molecule has 1 fully saturated rings. The Hall–Kier alpha value is -3.29. The molecule has 1 aliphatic rings. The summed E-state index contributed by atoms with van der Waals surface area (Å²) in [7, 11) is 3.03. The second-order valence-corrected chi connectivity index (χ2v) is 7.38. The fourth-order valence-corrected chi connectivity index (χ4v) is 3.77. The monoisotopic (exact) mass is 414 g/mol. The Morgan fingerprint density at radius 2 is 2.03 bits per heavy atom. The maximum Gasteiger partial charge on any atom is 0.338 e. The Morgan fingerprint density at radius 3 is 2.70 bits per heavy atom. The standard InChI is InChI=1S/C22H26N2O6/c1-15-6-5-11-23(13-15)18-10-9-16(12-19(18)24(26)27)22(25)30-14-17-7-4-8-20(28-2)21(17)29-3/h4,7-10,12,15H,5-6,11,13-14H2,1-3H3/t15-/m0/s1. The summed E-state index contributed by atoms with van der Waals surface area (Å²) in [5.41, 5.74) is 1.23. The van der Waals surface area contributed by atoms with Crippen molar-refractivity contribution in [3.63, 3.8) is 0 Å². The highest BCUT2D eigenvalue weighted by atomic mass is 16.6. The lowest BCUT2D eigenvalue weighted by Gasteiger charge is -2.32. The molecule has 0 bridgehead atoms. The second-order valence-electron chi connectivity index (χ2n) is 7.38. The van der Waals surface area contributed by atoms with E-state index < -0.39 is 10.9 Å². The normalized spacial score (nSPS) is 16.1. The van der Waals surface area contributed by atoms with Crippen LogP contribution >= 0.6 is 0 Å². The molecule has 160 valence electrons. The number of ether oxygens (including phenoxy) is 3. The fourth-order valence-electron chi connectivity index (χ4n) is 3.77. The zero-order chi connectivity index (χ0) is 21.7. The number of nitro groups is 1. The third kappa shape index (κ3) is 4.64. The van der Waals surface area contributed by atoms with Gasteiger partial charge in [-0.15, -0.1) is 0 Å². The molecule has 0 amide bonds. The number of hydrogen-bond donors (Lipinski definition) is 0. The molecule has 0 unspecified atom stereocenters. The highest BCUT2D eigenvalue weighted by Gasteiger charge is 2.25. The van der Waals surface area contributed by atoms with Gasteiger partial charge in [0.05, 0.1) is 24.7 Å². The van der Waals surface area contributed by atoms with E-state index in [9.17, 15) is 14.9 Å². The maximum absolute atomic E-state index is 12.6. The van der Waals surface area contributed by atoms with Gasteiger partial charge >= 0.3 is 5.97 Å². The van der Waals surface area contributed by atoms with Gasteiger partial charge in [-0.2, -0.15) is 0 Å². The maximum atomic E-state index is 12.6. The zero-order valence-corrected chi connectivity index (χ0v) is 17.4. The van der Waals surface area contributed by atoms with E-state index in [0.717, 1.165) is 25.9 Å². The van der Waals surface area contributed by atoms with Crippen LogP contribution in [0.15, 0.2) is 36.4 Å². The number of benzene rings is 2. The van der Waals surface area contributed by atoms with Crippen molar-refractivity contribution in [2.75, 3.05) is 32.2 Å². The van der Waals surface area contributed by atoms with Crippen LogP contribution in [0.4, 0.5) is 11.4 Å². The lowest BCUT2D eigenvalue weighted by molar-refractivity contribution is -0.384. The number of rotatable bonds is 7. The number of esters is 1. The van der Waals surface area contributed by atoms with Gasteiger partial charge in [-0.1, -0.05) is 19.1 Å². The molecule has 0 aromatic heterocycles. The van der Waals surface area contributed by atoms with Crippen molar-refractivity contribution in [3.05, 3.63) is 57.6 Å². The molecule has 1 heterocycles. The summed E-state index contributed by atoms with van der Waals surface area (Å²) in [5.74, 6) is 0.845. The van der Waals surface area contributed by atoms with Crippen LogP contribution in [0, 0.1) is 16.0 Å². The lowest BCUT2D eigenvalue weighted by Crippen LogP contribution is -2.34. The number of carbonyl (C=O) groups excluding carboxylic acids is 1. The highest BCUT2D eigenvalue weighted by molar-refractivity contribution is 5.91. The topological polar surface area (TPSA) is 91.1 Å². The minimum Gasteiger partial charge on any atom is -0.493 e. The number of carbonyl (C=O) groups is 1. The van der Waals surface area contributed by atoms with Gasteiger partial charge in [-0.25, -0.2) is 4.79 Å². The molecule has 8 heteroatoms. The predicted octanol–water partition coefficient (Wildman–Crippen LogP) is 4.21. The van der Waals surface area contributed by atoms with Crippen molar-refractivity contribution >= 4 is 17.3 Å². The van der Waals surface area contributed by atoms with E-state index in [0.29, 0.717) is 28.7 Å². The van der Waals surface area contributed by atoms with Gasteiger partial charge in [-0.05, 0) is 37.0 Å². The Balaban J connectivity index is 1.78. The zero-order valence-electron chi connectivity index (χ0n) is 17.4. The van der Waals surface area contributed by atoms with Crippen LogP contribution in [0.25, 0.3) is 0 Å². The van der Waals surface area contributed by atoms with E-state index >= 15 is 0 Å². The summed E-state index contributed by atoms with van der Waals surface area (Å²) >= 11 is 0. The third-order valence-electron chi connectivity index (χ3n) is 5.25. The fraction of sp³-hybridized carbons (Fsp3) is 0.409. The molecule has 0 spiro atoms. The number of nitro benzene ring substituents is 1. The largest absolute Gasteiger partial charge is 0.493 e. The molecular formula is C22H26N2O6. The van der Waals surface area contributed by atoms with Crippen LogP contribution < -0.4 is 14.4 Å². The minimum absolute atomic E-state index is 0.0433. The molecule has 0 radical (unpaired) electrons. The first-order valence-electron chi connectivity index (χ1n) is 9.85. The molecule has 2 aromatic rings. The summed E-state index contributed by atoms with van der Waals surface area (Å²) in [6.45, 7) is 3.62. The van der Waals surface area contributed by atoms with Crippen molar-refractivity contribution in [1.82, 2.24) is 0 Å². The van der Waals surface area contributed by atoms with E-state index in [1.54, 1.807) is 30.3 Å². The summed E-state index contributed by atoms with van der Waals surface area (Å²) < 4.78 is 16.0. The smallest absolute Gasteiger partial charge is 0.338 e. The SMILES string of the molecule is COc1cccc(COC(=O)c2ccc(N3CCC[C@H](C)C3)c([N+](=O)[O-])c2)c1OC. The van der Waals surface area contributed by atoms with E-state index in [1.807, 2.05) is 4.90 Å². The van der Waals surface area contributed by atoms with Crippen LogP contribution in [-0.4, -0.2) is 38.2 Å².